The molecular formula is C16H22O2S2. The first-order chi connectivity index (χ1) is 9.45. The normalized spacial score (nSPS) is 26.6. The second kappa shape index (κ2) is 6.35. The maximum Gasteiger partial charge on any atom is 0.163 e. The molecular weight excluding hydrogens is 288 g/mol. The molecule has 0 aromatic carbocycles. The summed E-state index contributed by atoms with van der Waals surface area (Å²) in [6.07, 6.45) is 14.9. The number of thioether (sulfide) groups is 1. The molecule has 2 aliphatic rings. The van der Waals surface area contributed by atoms with Gasteiger partial charge in [0.15, 0.2) is 9.84 Å². The molecule has 0 aromatic rings. The van der Waals surface area contributed by atoms with E-state index < -0.39 is 9.84 Å². The number of allylic oxidation sites excluding steroid dienone is 5. The number of rotatable bonds is 4. The van der Waals surface area contributed by atoms with Gasteiger partial charge in [-0.05, 0) is 30.6 Å². The van der Waals surface area contributed by atoms with Crippen LogP contribution in [0.25, 0.3) is 0 Å². The first kappa shape index (κ1) is 15.6. The van der Waals surface area contributed by atoms with E-state index in [1.165, 1.54) is 5.57 Å². The van der Waals surface area contributed by atoms with Crippen molar-refractivity contribution in [3.05, 3.63) is 46.9 Å². The van der Waals surface area contributed by atoms with E-state index in [4.69, 9.17) is 0 Å². The lowest BCUT2D eigenvalue weighted by Crippen LogP contribution is -2.31. The van der Waals surface area contributed by atoms with Crippen LogP contribution in [0.3, 0.4) is 0 Å². The van der Waals surface area contributed by atoms with Crippen LogP contribution < -0.4 is 0 Å². The Morgan fingerprint density at radius 2 is 1.70 bits per heavy atom. The predicted octanol–water partition coefficient (Wildman–Crippen LogP) is 3.89. The summed E-state index contributed by atoms with van der Waals surface area (Å²) in [6.45, 7) is 4.26. The first-order valence-electron chi connectivity index (χ1n) is 6.98. The maximum atomic E-state index is 12.6. The molecule has 110 valence electrons. The molecule has 0 aromatic heterocycles. The van der Waals surface area contributed by atoms with Gasteiger partial charge >= 0.3 is 0 Å². The van der Waals surface area contributed by atoms with Crippen LogP contribution in [0.15, 0.2) is 46.9 Å². The van der Waals surface area contributed by atoms with Gasteiger partial charge in [0.2, 0.25) is 0 Å². The van der Waals surface area contributed by atoms with Crippen molar-refractivity contribution in [2.75, 3.05) is 6.26 Å². The molecule has 0 amide bonds. The summed E-state index contributed by atoms with van der Waals surface area (Å²) in [5.74, 6) is 0.455. The fourth-order valence-corrected chi connectivity index (χ4v) is 4.74. The molecule has 0 saturated heterocycles. The zero-order chi connectivity index (χ0) is 14.8. The molecule has 0 spiro atoms. The van der Waals surface area contributed by atoms with Gasteiger partial charge in [0, 0.05) is 4.91 Å². The van der Waals surface area contributed by atoms with Crippen molar-refractivity contribution in [2.45, 2.75) is 37.2 Å². The fourth-order valence-electron chi connectivity index (χ4n) is 2.49. The van der Waals surface area contributed by atoms with Gasteiger partial charge in [0.05, 0.1) is 10.5 Å². The van der Waals surface area contributed by atoms with Gasteiger partial charge in [0.1, 0.15) is 0 Å². The highest BCUT2D eigenvalue weighted by Crippen LogP contribution is 2.29. The van der Waals surface area contributed by atoms with Gasteiger partial charge in [-0.1, -0.05) is 50.3 Å². The van der Waals surface area contributed by atoms with Crippen molar-refractivity contribution in [2.24, 2.45) is 5.92 Å². The molecule has 20 heavy (non-hydrogen) atoms. The predicted molar refractivity (Wildman–Crippen MR) is 88.5 cm³/mol. The molecule has 2 nitrogen and oxygen atoms in total. The van der Waals surface area contributed by atoms with Crippen molar-refractivity contribution in [1.82, 2.24) is 0 Å². The Bertz CT molecular complexity index is 578. The minimum Gasteiger partial charge on any atom is -0.228 e. The third-order valence-electron chi connectivity index (χ3n) is 3.86. The van der Waals surface area contributed by atoms with Crippen LogP contribution in [0.1, 0.15) is 26.7 Å². The standard InChI is InChI=1S/C16H22O2S2/c1-12(2)13-4-8-15(9-5-13)20(17,18)16-10-6-14(19-3)7-11-16/h4-8,10,12,15-16H,9,11H2,1-3H3. The Labute approximate surface area is 126 Å². The van der Waals surface area contributed by atoms with Gasteiger partial charge in [-0.15, -0.1) is 11.8 Å². The van der Waals surface area contributed by atoms with Gasteiger partial charge < -0.3 is 0 Å². The van der Waals surface area contributed by atoms with Crippen LogP contribution in [0.5, 0.6) is 0 Å². The molecule has 0 aliphatic heterocycles. The summed E-state index contributed by atoms with van der Waals surface area (Å²) in [5.41, 5.74) is 1.24. The number of hydrogen-bond donors (Lipinski definition) is 0. The second-order valence-electron chi connectivity index (χ2n) is 5.53. The SMILES string of the molecule is CSC1=CCC(S(=O)(=O)C2C=CC(C(C)C)=CC2)C=C1. The van der Waals surface area contributed by atoms with E-state index in [9.17, 15) is 8.42 Å². The van der Waals surface area contributed by atoms with Crippen LogP contribution in [0.2, 0.25) is 0 Å². The Hall–Kier alpha value is -0.740. The van der Waals surface area contributed by atoms with Crippen LogP contribution in [-0.4, -0.2) is 25.2 Å². The van der Waals surface area contributed by atoms with Gasteiger partial charge in [-0.25, -0.2) is 8.42 Å². The van der Waals surface area contributed by atoms with E-state index in [0.717, 1.165) is 4.91 Å². The van der Waals surface area contributed by atoms with Crippen LogP contribution in [-0.2, 0) is 9.84 Å². The lowest BCUT2D eigenvalue weighted by atomic mass is 9.97. The highest BCUT2D eigenvalue weighted by molar-refractivity contribution is 8.02. The Balaban J connectivity index is 2.09. The minimum atomic E-state index is -3.14. The topological polar surface area (TPSA) is 34.1 Å². The van der Waals surface area contributed by atoms with Crippen molar-refractivity contribution in [3.63, 3.8) is 0 Å². The second-order valence-corrected chi connectivity index (χ2v) is 8.79. The molecule has 4 heteroatoms. The molecule has 0 bridgehead atoms. The van der Waals surface area contributed by atoms with E-state index in [0.29, 0.717) is 18.8 Å². The highest BCUT2D eigenvalue weighted by atomic mass is 32.2. The minimum absolute atomic E-state index is 0.371. The van der Waals surface area contributed by atoms with Gasteiger partial charge in [-0.3, -0.25) is 0 Å². The lowest BCUT2D eigenvalue weighted by molar-refractivity contribution is 0.579. The molecule has 0 heterocycles. The Kier molecular flexibility index (Phi) is 4.97. The molecule has 0 fully saturated rings. The third kappa shape index (κ3) is 3.29. The van der Waals surface area contributed by atoms with E-state index in [1.54, 1.807) is 11.8 Å². The van der Waals surface area contributed by atoms with Crippen molar-refractivity contribution >= 4 is 21.6 Å². The average Bonchev–Trinajstić information content (AvgIpc) is 2.47. The van der Waals surface area contributed by atoms with E-state index in [1.807, 2.05) is 36.6 Å². The lowest BCUT2D eigenvalue weighted by Gasteiger charge is -2.23. The van der Waals surface area contributed by atoms with Gasteiger partial charge in [-0.2, -0.15) is 0 Å². The zero-order valence-corrected chi connectivity index (χ0v) is 13.9. The van der Waals surface area contributed by atoms with Crippen molar-refractivity contribution in [3.8, 4) is 0 Å². The summed E-state index contributed by atoms with van der Waals surface area (Å²) < 4.78 is 25.3. The van der Waals surface area contributed by atoms with Crippen molar-refractivity contribution in [1.29, 1.82) is 0 Å². The molecule has 2 aliphatic carbocycles. The molecule has 2 rings (SSSR count). The largest absolute Gasteiger partial charge is 0.228 e. The third-order valence-corrected chi connectivity index (χ3v) is 7.02. The van der Waals surface area contributed by atoms with E-state index in [-0.39, 0.29) is 10.5 Å². The zero-order valence-electron chi connectivity index (χ0n) is 12.2. The molecule has 0 saturated carbocycles. The maximum absolute atomic E-state index is 12.6. The number of sulfone groups is 1. The average molecular weight is 310 g/mol. The first-order valence-corrected chi connectivity index (χ1v) is 9.82. The summed E-state index contributed by atoms with van der Waals surface area (Å²) in [4.78, 5) is 1.15. The Morgan fingerprint density at radius 1 is 1.10 bits per heavy atom. The molecule has 2 unspecified atom stereocenters. The van der Waals surface area contributed by atoms with Crippen LogP contribution in [0.4, 0.5) is 0 Å². The molecule has 2 atom stereocenters. The van der Waals surface area contributed by atoms with E-state index in [2.05, 4.69) is 19.9 Å². The van der Waals surface area contributed by atoms with Gasteiger partial charge in [0.25, 0.3) is 0 Å². The fraction of sp³-hybridized carbons (Fsp3) is 0.500. The molecule has 0 N–H and O–H groups in total. The van der Waals surface area contributed by atoms with Crippen molar-refractivity contribution < 1.29 is 8.42 Å². The molecule has 0 radical (unpaired) electrons. The van der Waals surface area contributed by atoms with Crippen LogP contribution in [0, 0.1) is 5.92 Å². The Morgan fingerprint density at radius 3 is 2.10 bits per heavy atom. The number of hydrogen-bond acceptors (Lipinski definition) is 3. The monoisotopic (exact) mass is 310 g/mol. The highest BCUT2D eigenvalue weighted by Gasteiger charge is 2.31. The quantitative estimate of drug-likeness (QED) is 0.790. The smallest absolute Gasteiger partial charge is 0.163 e. The van der Waals surface area contributed by atoms with E-state index >= 15 is 0 Å². The summed E-state index contributed by atoms with van der Waals surface area (Å²) in [7, 11) is -3.14. The summed E-state index contributed by atoms with van der Waals surface area (Å²) in [6, 6.07) is 0. The summed E-state index contributed by atoms with van der Waals surface area (Å²) >= 11 is 1.65. The summed E-state index contributed by atoms with van der Waals surface area (Å²) in [5, 5.41) is -0.745. The van der Waals surface area contributed by atoms with Crippen LogP contribution >= 0.6 is 11.8 Å².